The van der Waals surface area contributed by atoms with Crippen LogP contribution in [0.2, 0.25) is 0 Å². The lowest BCUT2D eigenvalue weighted by atomic mass is 10.0. The molecule has 0 aliphatic heterocycles. The van der Waals surface area contributed by atoms with Gasteiger partial charge in [-0.2, -0.15) is 0 Å². The van der Waals surface area contributed by atoms with Crippen LogP contribution in [0.15, 0.2) is 60.9 Å². The highest BCUT2D eigenvalue weighted by molar-refractivity contribution is 7.26. The van der Waals surface area contributed by atoms with E-state index in [-0.39, 0.29) is 0 Å². The summed E-state index contributed by atoms with van der Waals surface area (Å²) in [6.45, 7) is 4.26. The minimum absolute atomic E-state index is 1.03. The second kappa shape index (κ2) is 5.36. The third-order valence-electron chi connectivity index (χ3n) is 4.64. The van der Waals surface area contributed by atoms with Crippen molar-refractivity contribution in [3.8, 4) is 11.3 Å². The molecule has 2 aromatic heterocycles. The Morgan fingerprint density at radius 2 is 1.64 bits per heavy atom. The number of rotatable bonds is 1. The van der Waals surface area contributed by atoms with Gasteiger partial charge in [-0.15, -0.1) is 11.3 Å². The van der Waals surface area contributed by atoms with E-state index in [1.165, 1.54) is 42.2 Å². The number of thiophene rings is 1. The molecule has 3 aromatic carbocycles. The minimum atomic E-state index is 1.03. The molecule has 0 unspecified atom stereocenters. The number of hydrogen-bond donors (Lipinski definition) is 0. The molecule has 0 saturated carbocycles. The zero-order valence-corrected chi connectivity index (χ0v) is 14.9. The highest BCUT2D eigenvalue weighted by atomic mass is 32.1. The second-order valence-corrected chi connectivity index (χ2v) is 7.59. The second-order valence-electron chi connectivity index (χ2n) is 6.54. The molecule has 2 heterocycles. The van der Waals surface area contributed by atoms with Crippen LogP contribution in [0.25, 0.3) is 42.3 Å². The maximum atomic E-state index is 4.65. The minimum Gasteiger partial charge on any atom is -0.235 e. The number of aryl methyl sites for hydroxylation is 2. The summed E-state index contributed by atoms with van der Waals surface area (Å²) in [6, 6.07) is 19.5. The van der Waals surface area contributed by atoms with Crippen molar-refractivity contribution in [2.45, 2.75) is 13.8 Å². The Balaban J connectivity index is 1.92. The summed E-state index contributed by atoms with van der Waals surface area (Å²) in [5.74, 6) is 0. The molecule has 0 atom stereocenters. The topological polar surface area (TPSA) is 25.8 Å². The SMILES string of the molecule is Cc1cc(C)cc(-c2ncnc3c2sc2ccc4ccccc4c23)c1. The Labute approximate surface area is 149 Å². The van der Waals surface area contributed by atoms with Gasteiger partial charge in [-0.1, -0.05) is 47.5 Å². The van der Waals surface area contributed by atoms with Gasteiger partial charge in [0.2, 0.25) is 0 Å². The first-order chi connectivity index (χ1) is 12.2. The maximum absolute atomic E-state index is 4.65. The van der Waals surface area contributed by atoms with E-state index in [2.05, 4.69) is 78.4 Å². The Morgan fingerprint density at radius 3 is 2.48 bits per heavy atom. The van der Waals surface area contributed by atoms with E-state index in [9.17, 15) is 0 Å². The maximum Gasteiger partial charge on any atom is 0.116 e. The van der Waals surface area contributed by atoms with Crippen LogP contribution in [0.4, 0.5) is 0 Å². The number of aromatic nitrogens is 2. The van der Waals surface area contributed by atoms with Crippen molar-refractivity contribution in [2.75, 3.05) is 0 Å². The van der Waals surface area contributed by atoms with Crippen LogP contribution in [-0.2, 0) is 0 Å². The first-order valence-electron chi connectivity index (χ1n) is 8.34. The molecule has 5 aromatic rings. The van der Waals surface area contributed by atoms with Gasteiger partial charge in [0.1, 0.15) is 6.33 Å². The number of fused-ring (bicyclic) bond motifs is 5. The van der Waals surface area contributed by atoms with Crippen molar-refractivity contribution in [3.05, 3.63) is 72.1 Å². The van der Waals surface area contributed by atoms with Crippen LogP contribution in [0.1, 0.15) is 11.1 Å². The van der Waals surface area contributed by atoms with Crippen LogP contribution < -0.4 is 0 Å². The summed E-state index contributed by atoms with van der Waals surface area (Å²) in [5.41, 5.74) is 5.77. The fourth-order valence-electron chi connectivity index (χ4n) is 3.66. The van der Waals surface area contributed by atoms with Gasteiger partial charge in [0.05, 0.1) is 15.9 Å². The van der Waals surface area contributed by atoms with Crippen LogP contribution >= 0.6 is 11.3 Å². The molecule has 0 saturated heterocycles. The molecule has 0 bridgehead atoms. The van der Waals surface area contributed by atoms with Crippen molar-refractivity contribution in [2.24, 2.45) is 0 Å². The highest BCUT2D eigenvalue weighted by Gasteiger charge is 2.15. The van der Waals surface area contributed by atoms with Gasteiger partial charge in [-0.25, -0.2) is 9.97 Å². The fourth-order valence-corrected chi connectivity index (χ4v) is 4.84. The van der Waals surface area contributed by atoms with Gasteiger partial charge in [0.15, 0.2) is 0 Å². The van der Waals surface area contributed by atoms with Gasteiger partial charge < -0.3 is 0 Å². The van der Waals surface area contributed by atoms with Gasteiger partial charge in [0.25, 0.3) is 0 Å². The Morgan fingerprint density at radius 1 is 0.840 bits per heavy atom. The van der Waals surface area contributed by atoms with Crippen LogP contribution in [0.5, 0.6) is 0 Å². The first-order valence-corrected chi connectivity index (χ1v) is 9.16. The lowest BCUT2D eigenvalue weighted by Gasteiger charge is -2.05. The average Bonchev–Trinajstić information content (AvgIpc) is 3.00. The number of hydrogen-bond acceptors (Lipinski definition) is 3. The van der Waals surface area contributed by atoms with Gasteiger partial charge in [-0.3, -0.25) is 0 Å². The third kappa shape index (κ3) is 2.24. The molecule has 3 heteroatoms. The molecule has 2 nitrogen and oxygen atoms in total. The Bertz CT molecular complexity index is 1250. The predicted molar refractivity (Wildman–Crippen MR) is 107 cm³/mol. The largest absolute Gasteiger partial charge is 0.235 e. The molecule has 0 spiro atoms. The molecule has 0 N–H and O–H groups in total. The standard InChI is InChI=1S/C22H16N2S/c1-13-9-14(2)11-16(10-13)20-22-21(24-12-23-20)19-17-6-4-3-5-15(17)7-8-18(19)25-22/h3-12H,1-2H3. The zero-order chi connectivity index (χ0) is 17.0. The lowest BCUT2D eigenvalue weighted by Crippen LogP contribution is -1.88. The van der Waals surface area contributed by atoms with Crippen LogP contribution in [-0.4, -0.2) is 9.97 Å². The molecule has 5 rings (SSSR count). The van der Waals surface area contributed by atoms with E-state index in [1.807, 2.05) is 0 Å². The smallest absolute Gasteiger partial charge is 0.116 e. The van der Waals surface area contributed by atoms with Crippen molar-refractivity contribution >= 4 is 42.4 Å². The van der Waals surface area contributed by atoms with E-state index < -0.39 is 0 Å². The van der Waals surface area contributed by atoms with Crippen molar-refractivity contribution in [1.29, 1.82) is 0 Å². The molecule has 120 valence electrons. The van der Waals surface area contributed by atoms with Crippen molar-refractivity contribution < 1.29 is 0 Å². The first kappa shape index (κ1) is 14.6. The summed E-state index contributed by atoms with van der Waals surface area (Å²) in [7, 11) is 0. The van der Waals surface area contributed by atoms with Gasteiger partial charge in [0, 0.05) is 15.6 Å². The predicted octanol–water partition coefficient (Wildman–Crippen LogP) is 6.28. The summed E-state index contributed by atoms with van der Waals surface area (Å²) < 4.78 is 2.43. The molecular formula is C22H16N2S. The van der Waals surface area contributed by atoms with Crippen molar-refractivity contribution in [1.82, 2.24) is 9.97 Å². The molecule has 0 aliphatic rings. The monoisotopic (exact) mass is 340 g/mol. The molecule has 0 fully saturated rings. The lowest BCUT2D eigenvalue weighted by molar-refractivity contribution is 1.23. The van der Waals surface area contributed by atoms with Crippen molar-refractivity contribution in [3.63, 3.8) is 0 Å². The zero-order valence-electron chi connectivity index (χ0n) is 14.1. The highest BCUT2D eigenvalue weighted by Crippen LogP contribution is 2.40. The molecule has 25 heavy (non-hydrogen) atoms. The summed E-state index contributed by atoms with van der Waals surface area (Å²) in [6.07, 6.45) is 1.70. The Kier molecular flexibility index (Phi) is 3.12. The van der Waals surface area contributed by atoms with Gasteiger partial charge in [-0.05, 0) is 42.8 Å². The summed E-state index contributed by atoms with van der Waals surface area (Å²) in [4.78, 5) is 9.28. The summed E-state index contributed by atoms with van der Waals surface area (Å²) >= 11 is 1.78. The normalized spacial score (nSPS) is 11.6. The fraction of sp³-hybridized carbons (Fsp3) is 0.0909. The summed E-state index contributed by atoms with van der Waals surface area (Å²) in [5, 5.41) is 3.75. The van der Waals surface area contributed by atoms with E-state index in [0.29, 0.717) is 0 Å². The average molecular weight is 340 g/mol. The van der Waals surface area contributed by atoms with E-state index >= 15 is 0 Å². The van der Waals surface area contributed by atoms with E-state index in [0.717, 1.165) is 11.2 Å². The van der Waals surface area contributed by atoms with E-state index in [4.69, 9.17) is 0 Å². The van der Waals surface area contributed by atoms with E-state index in [1.54, 1.807) is 17.7 Å². The Hall–Kier alpha value is -2.78. The van der Waals surface area contributed by atoms with Crippen LogP contribution in [0, 0.1) is 13.8 Å². The molecular weight excluding hydrogens is 324 g/mol. The number of nitrogens with zero attached hydrogens (tertiary/aromatic N) is 2. The molecule has 0 aliphatic carbocycles. The quantitative estimate of drug-likeness (QED) is 0.359. The van der Waals surface area contributed by atoms with Crippen LogP contribution in [0.3, 0.4) is 0 Å². The van der Waals surface area contributed by atoms with Gasteiger partial charge >= 0.3 is 0 Å². The third-order valence-corrected chi connectivity index (χ3v) is 5.79. The number of benzene rings is 3. The molecule has 0 radical (unpaired) electrons. The molecule has 0 amide bonds.